The van der Waals surface area contributed by atoms with Gasteiger partial charge in [-0.15, -0.1) is 0 Å². The molecule has 0 radical (unpaired) electrons. The summed E-state index contributed by atoms with van der Waals surface area (Å²) in [6, 6.07) is -0.835. The van der Waals surface area contributed by atoms with Crippen LogP contribution in [-0.4, -0.2) is 87.5 Å². The number of unbranched alkanes of at least 4 members (excludes halogenated alkanes) is 39. The van der Waals surface area contributed by atoms with E-state index in [4.69, 9.17) is 9.47 Å². The Morgan fingerprint density at radius 1 is 0.380 bits per heavy atom. The van der Waals surface area contributed by atoms with E-state index in [2.05, 4.69) is 129 Å². The zero-order chi connectivity index (χ0) is 66.4. The fourth-order valence-corrected chi connectivity index (χ4v) is 11.8. The lowest BCUT2D eigenvalue weighted by molar-refractivity contribution is -0.302. The molecule has 0 aliphatic carbocycles. The number of allylic oxidation sites excluding steroid dienone is 19. The first-order valence-corrected chi connectivity index (χ1v) is 38.8. The van der Waals surface area contributed by atoms with E-state index >= 15 is 0 Å². The van der Waals surface area contributed by atoms with Crippen molar-refractivity contribution in [2.75, 3.05) is 13.2 Å². The molecule has 1 heterocycles. The van der Waals surface area contributed by atoms with Crippen molar-refractivity contribution in [3.63, 3.8) is 0 Å². The molecule has 0 aromatic carbocycles. The first-order chi connectivity index (χ1) is 45.3. The van der Waals surface area contributed by atoms with Gasteiger partial charge in [0.2, 0.25) is 5.91 Å². The van der Waals surface area contributed by atoms with Crippen molar-refractivity contribution in [2.45, 2.75) is 384 Å². The van der Waals surface area contributed by atoms with E-state index in [9.17, 15) is 30.3 Å². The van der Waals surface area contributed by atoms with Gasteiger partial charge in [-0.1, -0.05) is 354 Å². The Bertz CT molecular complexity index is 1880. The molecule has 6 N–H and O–H groups in total. The minimum absolute atomic E-state index is 0.189. The zero-order valence-electron chi connectivity index (χ0n) is 59.5. The second-order valence-corrected chi connectivity index (χ2v) is 26.4. The van der Waals surface area contributed by atoms with Gasteiger partial charge in [0.1, 0.15) is 24.4 Å². The van der Waals surface area contributed by atoms with Crippen LogP contribution in [0.1, 0.15) is 341 Å². The van der Waals surface area contributed by atoms with Crippen molar-refractivity contribution < 1.29 is 39.8 Å². The molecule has 9 nitrogen and oxygen atoms in total. The number of aliphatic hydroxyl groups is 5. The number of ether oxygens (including phenoxy) is 2. The van der Waals surface area contributed by atoms with Crippen molar-refractivity contribution in [1.82, 2.24) is 5.32 Å². The summed E-state index contributed by atoms with van der Waals surface area (Å²) in [5.41, 5.74) is 0. The number of aliphatic hydroxyl groups excluding tert-OH is 5. The highest BCUT2D eigenvalue weighted by Gasteiger charge is 2.44. The molecule has 1 aliphatic heterocycles. The van der Waals surface area contributed by atoms with E-state index in [-0.39, 0.29) is 12.5 Å². The maximum absolute atomic E-state index is 13.2. The highest BCUT2D eigenvalue weighted by Crippen LogP contribution is 2.23. The quantitative estimate of drug-likeness (QED) is 0.0261. The van der Waals surface area contributed by atoms with Crippen molar-refractivity contribution in [2.24, 2.45) is 0 Å². The van der Waals surface area contributed by atoms with E-state index in [0.29, 0.717) is 6.42 Å². The monoisotopic (exact) mass is 1280 g/mol. The molecule has 0 saturated carbocycles. The molecule has 0 aromatic rings. The van der Waals surface area contributed by atoms with Gasteiger partial charge in [0.15, 0.2) is 6.29 Å². The SMILES string of the molecule is CC/C=C\C/C=C\C/C=C\C/C=C\C/C=C\C/C=C\C/C=C\CCCCCCCCCCCCCCCCCCCCCC(=O)NC(COC1OC(CO)C(O)C(O)C1O)C(O)/C=C/CC/C=C/CC/C=C/CCCCCCCCCCCCCCCCCCCC. The fourth-order valence-electron chi connectivity index (χ4n) is 11.8. The number of carbonyl (C=O) groups excluding carboxylic acids is 1. The van der Waals surface area contributed by atoms with Crippen LogP contribution in [0.5, 0.6) is 0 Å². The van der Waals surface area contributed by atoms with Crippen molar-refractivity contribution >= 4 is 5.91 Å². The maximum atomic E-state index is 13.2. The average Bonchev–Trinajstić information content (AvgIpc) is 1.00. The van der Waals surface area contributed by atoms with Gasteiger partial charge in [-0.2, -0.15) is 0 Å². The van der Waals surface area contributed by atoms with E-state index in [1.807, 2.05) is 6.08 Å². The number of carbonyl (C=O) groups is 1. The summed E-state index contributed by atoms with van der Waals surface area (Å²) in [7, 11) is 0. The first-order valence-electron chi connectivity index (χ1n) is 38.8. The predicted molar refractivity (Wildman–Crippen MR) is 396 cm³/mol. The van der Waals surface area contributed by atoms with Crippen LogP contribution in [0.3, 0.4) is 0 Å². The lowest BCUT2D eigenvalue weighted by Crippen LogP contribution is -2.60. The zero-order valence-corrected chi connectivity index (χ0v) is 59.5. The van der Waals surface area contributed by atoms with Crippen molar-refractivity contribution in [1.29, 1.82) is 0 Å². The van der Waals surface area contributed by atoms with E-state index in [0.717, 1.165) is 89.9 Å². The Kier molecular flexibility index (Phi) is 66.3. The minimum Gasteiger partial charge on any atom is -0.394 e. The predicted octanol–water partition coefficient (Wildman–Crippen LogP) is 22.1. The highest BCUT2D eigenvalue weighted by atomic mass is 16.7. The van der Waals surface area contributed by atoms with Gasteiger partial charge in [0.25, 0.3) is 0 Å². The number of rotatable bonds is 67. The third-order valence-electron chi connectivity index (χ3n) is 17.7. The average molecular weight is 1290 g/mol. The van der Waals surface area contributed by atoms with Crippen LogP contribution in [0.25, 0.3) is 0 Å². The molecule has 0 bridgehead atoms. The van der Waals surface area contributed by atoms with E-state index in [1.54, 1.807) is 6.08 Å². The fraction of sp³-hybridized carbons (Fsp3) is 0.747. The summed E-state index contributed by atoms with van der Waals surface area (Å²) in [6.45, 7) is 3.68. The number of nitrogens with one attached hydrogen (secondary N) is 1. The molecule has 0 aromatic heterocycles. The van der Waals surface area contributed by atoms with Crippen LogP contribution >= 0.6 is 0 Å². The van der Waals surface area contributed by atoms with Gasteiger partial charge < -0.3 is 40.3 Å². The molecule has 1 saturated heterocycles. The van der Waals surface area contributed by atoms with Gasteiger partial charge in [-0.3, -0.25) is 4.79 Å². The van der Waals surface area contributed by atoms with Gasteiger partial charge in [0, 0.05) is 6.42 Å². The van der Waals surface area contributed by atoms with E-state index < -0.39 is 49.5 Å². The number of amides is 1. The Hall–Kier alpha value is -3.41. The number of hydrogen-bond donors (Lipinski definition) is 6. The van der Waals surface area contributed by atoms with Crippen LogP contribution in [0.15, 0.2) is 122 Å². The highest BCUT2D eigenvalue weighted by molar-refractivity contribution is 5.76. The smallest absolute Gasteiger partial charge is 0.220 e. The minimum atomic E-state index is -1.58. The molecular formula is C83H145NO8. The van der Waals surface area contributed by atoms with Crippen LogP contribution < -0.4 is 5.32 Å². The van der Waals surface area contributed by atoms with Gasteiger partial charge in [-0.05, 0) is 103 Å². The summed E-state index contributed by atoms with van der Waals surface area (Å²) >= 11 is 0. The maximum Gasteiger partial charge on any atom is 0.220 e. The van der Waals surface area contributed by atoms with Gasteiger partial charge >= 0.3 is 0 Å². The summed E-state index contributed by atoms with van der Waals surface area (Å²) in [5.74, 6) is -0.189. The molecule has 92 heavy (non-hydrogen) atoms. The Labute approximate surface area is 567 Å². The normalized spacial score (nSPS) is 18.4. The third kappa shape index (κ3) is 58.0. The second-order valence-electron chi connectivity index (χ2n) is 26.4. The van der Waals surface area contributed by atoms with Crippen LogP contribution in [0.4, 0.5) is 0 Å². The lowest BCUT2D eigenvalue weighted by Gasteiger charge is -2.40. The first kappa shape index (κ1) is 86.6. The van der Waals surface area contributed by atoms with Crippen LogP contribution in [0.2, 0.25) is 0 Å². The largest absolute Gasteiger partial charge is 0.394 e. The Balaban J connectivity index is 2.11. The van der Waals surface area contributed by atoms with Gasteiger partial charge in [0.05, 0.1) is 25.4 Å². The molecule has 1 fully saturated rings. The van der Waals surface area contributed by atoms with Gasteiger partial charge in [-0.25, -0.2) is 0 Å². The van der Waals surface area contributed by atoms with Crippen molar-refractivity contribution in [3.05, 3.63) is 122 Å². The third-order valence-corrected chi connectivity index (χ3v) is 17.7. The second kappa shape index (κ2) is 70.4. The summed E-state index contributed by atoms with van der Waals surface area (Å²) < 4.78 is 11.3. The Morgan fingerprint density at radius 2 is 0.685 bits per heavy atom. The summed E-state index contributed by atoms with van der Waals surface area (Å²) in [6.07, 6.45) is 99.0. The lowest BCUT2D eigenvalue weighted by atomic mass is 9.99. The molecule has 1 amide bonds. The Morgan fingerprint density at radius 3 is 1.04 bits per heavy atom. The molecular weight excluding hydrogens is 1140 g/mol. The summed E-state index contributed by atoms with van der Waals surface area (Å²) in [5, 5.41) is 54.8. The molecule has 1 rings (SSSR count). The van der Waals surface area contributed by atoms with Crippen LogP contribution in [0, 0.1) is 0 Å². The van der Waals surface area contributed by atoms with Crippen molar-refractivity contribution in [3.8, 4) is 0 Å². The standard InChI is InChI=1S/C83H145NO8/c1-3-5-7-9-11-13-15-17-19-21-23-25-27-29-31-33-34-35-36-37-38-39-40-41-42-43-44-45-47-49-51-53-55-57-59-61-63-65-67-69-71-73-79(87)84-76(75-91-83-82(90)81(89)80(88)78(74-85)92-83)77(86)72-70-68-66-64-62-60-58-56-54-52-50-48-46-32-30-28-26-24-22-20-18-16-14-12-10-8-6-4-2/h5,7,11,13,17,19,23,25,29,31,34-35,37-38,54,56,62,64,70,72,76-78,80-83,85-86,88-90H,3-4,6,8-10,12,14-16,18,20-22,24,26-28,30,32-33,36,39-53,55,57-61,63,65-69,71,73-75H2,1-2H3,(H,84,87)/b7-5-,13-11-,19-17-,25-23-,31-29-,35-34-,38-37-,56-54+,64-62+,72-70+. The van der Waals surface area contributed by atoms with E-state index in [1.165, 1.54) is 231 Å². The molecule has 9 heteroatoms. The molecule has 7 unspecified atom stereocenters. The number of hydrogen-bond acceptors (Lipinski definition) is 8. The molecule has 7 atom stereocenters. The topological polar surface area (TPSA) is 149 Å². The molecule has 0 spiro atoms. The molecule has 1 aliphatic rings. The van der Waals surface area contributed by atoms with Crippen LogP contribution in [-0.2, 0) is 14.3 Å². The molecule has 530 valence electrons. The summed E-state index contributed by atoms with van der Waals surface area (Å²) in [4.78, 5) is 13.2.